The van der Waals surface area contributed by atoms with Crippen molar-refractivity contribution in [2.75, 3.05) is 19.6 Å². The van der Waals surface area contributed by atoms with E-state index < -0.39 is 0 Å². The van der Waals surface area contributed by atoms with Crippen molar-refractivity contribution in [1.29, 1.82) is 0 Å². The van der Waals surface area contributed by atoms with Crippen molar-refractivity contribution in [2.24, 2.45) is 11.8 Å². The molecule has 0 aromatic rings. The van der Waals surface area contributed by atoms with Gasteiger partial charge in [-0.05, 0) is 32.1 Å². The summed E-state index contributed by atoms with van der Waals surface area (Å²) < 4.78 is 0. The van der Waals surface area contributed by atoms with Gasteiger partial charge in [0.25, 0.3) is 0 Å². The number of carbonyl (C=O) groups is 2. The van der Waals surface area contributed by atoms with Gasteiger partial charge >= 0.3 is 0 Å². The SMILES string of the molecule is CC1(C)C2CNCC2CN1C(=O)[C@H]1CCC(=O)N1. The van der Waals surface area contributed by atoms with Gasteiger partial charge < -0.3 is 15.5 Å². The van der Waals surface area contributed by atoms with Crippen molar-refractivity contribution in [3.63, 3.8) is 0 Å². The molecule has 5 nitrogen and oxygen atoms in total. The molecule has 3 aliphatic heterocycles. The van der Waals surface area contributed by atoms with Gasteiger partial charge in [0.15, 0.2) is 0 Å². The Morgan fingerprint density at radius 1 is 1.39 bits per heavy atom. The Bertz CT molecular complexity index is 394. The maximum atomic E-state index is 12.5. The predicted octanol–water partition coefficient (Wildman–Crippen LogP) is -0.279. The van der Waals surface area contributed by atoms with Crippen LogP contribution in [0.25, 0.3) is 0 Å². The summed E-state index contributed by atoms with van der Waals surface area (Å²) in [5, 5.41) is 6.20. The number of nitrogens with zero attached hydrogens (tertiary/aromatic N) is 1. The first-order valence-corrected chi connectivity index (χ1v) is 6.81. The number of hydrogen-bond acceptors (Lipinski definition) is 3. The highest BCUT2D eigenvalue weighted by Gasteiger charge is 2.52. The summed E-state index contributed by atoms with van der Waals surface area (Å²) in [6, 6.07) is -0.288. The van der Waals surface area contributed by atoms with E-state index in [4.69, 9.17) is 0 Å². The van der Waals surface area contributed by atoms with Gasteiger partial charge in [0.05, 0.1) is 0 Å². The van der Waals surface area contributed by atoms with E-state index in [1.165, 1.54) is 0 Å². The average Bonchev–Trinajstić information content (AvgIpc) is 2.96. The van der Waals surface area contributed by atoms with Crippen LogP contribution in [0.5, 0.6) is 0 Å². The molecule has 2 unspecified atom stereocenters. The highest BCUT2D eigenvalue weighted by Crippen LogP contribution is 2.41. The van der Waals surface area contributed by atoms with Gasteiger partial charge in [0.2, 0.25) is 11.8 Å². The van der Waals surface area contributed by atoms with Crippen LogP contribution in [0, 0.1) is 11.8 Å². The molecule has 2 N–H and O–H groups in total. The lowest BCUT2D eigenvalue weighted by Gasteiger charge is -2.37. The summed E-state index contributed by atoms with van der Waals surface area (Å²) in [6.45, 7) is 7.14. The molecular formula is C13H21N3O2. The molecule has 3 atom stereocenters. The Balaban J connectivity index is 1.76. The zero-order chi connectivity index (χ0) is 12.9. The second-order valence-corrected chi connectivity index (χ2v) is 6.29. The van der Waals surface area contributed by atoms with Crippen LogP contribution in [0.15, 0.2) is 0 Å². The molecule has 0 bridgehead atoms. The highest BCUT2D eigenvalue weighted by molar-refractivity contribution is 5.91. The quantitative estimate of drug-likeness (QED) is 0.674. The van der Waals surface area contributed by atoms with Crippen LogP contribution in [-0.4, -0.2) is 47.9 Å². The number of carbonyl (C=O) groups excluding carboxylic acids is 2. The smallest absolute Gasteiger partial charge is 0.245 e. The van der Waals surface area contributed by atoms with Crippen molar-refractivity contribution in [2.45, 2.75) is 38.3 Å². The van der Waals surface area contributed by atoms with Gasteiger partial charge in [-0.25, -0.2) is 0 Å². The first-order valence-electron chi connectivity index (χ1n) is 6.81. The van der Waals surface area contributed by atoms with E-state index >= 15 is 0 Å². The topological polar surface area (TPSA) is 61.4 Å². The van der Waals surface area contributed by atoms with E-state index in [1.54, 1.807) is 0 Å². The van der Waals surface area contributed by atoms with Gasteiger partial charge in [-0.3, -0.25) is 9.59 Å². The molecule has 5 heteroatoms. The Morgan fingerprint density at radius 2 is 2.17 bits per heavy atom. The third-order valence-corrected chi connectivity index (χ3v) is 4.92. The Kier molecular flexibility index (Phi) is 2.62. The summed E-state index contributed by atoms with van der Waals surface area (Å²) in [6.07, 6.45) is 1.14. The Hall–Kier alpha value is -1.10. The van der Waals surface area contributed by atoms with E-state index in [-0.39, 0.29) is 23.4 Å². The molecule has 3 heterocycles. The van der Waals surface area contributed by atoms with Gasteiger partial charge in [0.1, 0.15) is 6.04 Å². The molecule has 2 amide bonds. The summed E-state index contributed by atoms with van der Waals surface area (Å²) in [5.41, 5.74) is -0.0986. The van der Waals surface area contributed by atoms with Crippen LogP contribution in [0.2, 0.25) is 0 Å². The molecule has 0 spiro atoms. The number of likely N-dealkylation sites (tertiary alicyclic amines) is 1. The Labute approximate surface area is 107 Å². The molecular weight excluding hydrogens is 230 g/mol. The van der Waals surface area contributed by atoms with Crippen molar-refractivity contribution in [3.8, 4) is 0 Å². The normalized spacial score (nSPS) is 37.8. The molecule has 0 aliphatic carbocycles. The minimum Gasteiger partial charge on any atom is -0.344 e. The number of nitrogens with one attached hydrogen (secondary N) is 2. The standard InChI is InChI=1S/C13H21N3O2/c1-13(2)9-6-14-5-8(9)7-16(13)12(18)10-3-4-11(17)15-10/h8-10,14H,3-7H2,1-2H3,(H,15,17)/t8?,9?,10-/m1/s1. The summed E-state index contributed by atoms with van der Waals surface area (Å²) in [4.78, 5) is 25.8. The van der Waals surface area contributed by atoms with E-state index in [9.17, 15) is 9.59 Å². The molecule has 0 aromatic heterocycles. The maximum Gasteiger partial charge on any atom is 0.245 e. The molecule has 0 aromatic carbocycles. The van der Waals surface area contributed by atoms with Crippen LogP contribution in [0.3, 0.4) is 0 Å². The average molecular weight is 251 g/mol. The minimum absolute atomic E-state index is 0.00668. The molecule has 3 saturated heterocycles. The van der Waals surface area contributed by atoms with Crippen LogP contribution in [0.4, 0.5) is 0 Å². The molecule has 0 saturated carbocycles. The second kappa shape index (κ2) is 3.95. The third-order valence-electron chi connectivity index (χ3n) is 4.92. The zero-order valence-electron chi connectivity index (χ0n) is 11.0. The van der Waals surface area contributed by atoms with Gasteiger partial charge in [-0.2, -0.15) is 0 Å². The molecule has 100 valence electrons. The van der Waals surface area contributed by atoms with Crippen LogP contribution in [0.1, 0.15) is 26.7 Å². The third kappa shape index (κ3) is 1.64. The lowest BCUT2D eigenvalue weighted by Crippen LogP contribution is -2.53. The summed E-state index contributed by atoms with van der Waals surface area (Å²) >= 11 is 0. The molecule has 3 rings (SSSR count). The Morgan fingerprint density at radius 3 is 2.78 bits per heavy atom. The van der Waals surface area contributed by atoms with E-state index in [2.05, 4.69) is 24.5 Å². The van der Waals surface area contributed by atoms with Gasteiger partial charge in [0, 0.05) is 31.6 Å². The summed E-state index contributed by atoms with van der Waals surface area (Å²) in [7, 11) is 0. The molecule has 3 fully saturated rings. The van der Waals surface area contributed by atoms with Crippen LogP contribution < -0.4 is 10.6 Å². The number of rotatable bonds is 1. The van der Waals surface area contributed by atoms with E-state index in [0.29, 0.717) is 24.7 Å². The van der Waals surface area contributed by atoms with Crippen LogP contribution in [-0.2, 0) is 9.59 Å². The first-order chi connectivity index (χ1) is 8.50. The second-order valence-electron chi connectivity index (χ2n) is 6.29. The lowest BCUT2D eigenvalue weighted by atomic mass is 9.84. The monoisotopic (exact) mass is 251 g/mol. The van der Waals surface area contributed by atoms with Crippen molar-refractivity contribution >= 4 is 11.8 Å². The lowest BCUT2D eigenvalue weighted by molar-refractivity contribution is -0.138. The number of hydrogen-bond donors (Lipinski definition) is 2. The first kappa shape index (κ1) is 12.0. The molecule has 18 heavy (non-hydrogen) atoms. The van der Waals surface area contributed by atoms with Gasteiger partial charge in [-0.15, -0.1) is 0 Å². The molecule has 0 radical (unpaired) electrons. The zero-order valence-corrected chi connectivity index (χ0v) is 11.0. The number of fused-ring (bicyclic) bond motifs is 1. The van der Waals surface area contributed by atoms with Crippen molar-refractivity contribution < 1.29 is 9.59 Å². The van der Waals surface area contributed by atoms with Crippen molar-refractivity contribution in [1.82, 2.24) is 15.5 Å². The van der Waals surface area contributed by atoms with Crippen molar-refractivity contribution in [3.05, 3.63) is 0 Å². The predicted molar refractivity (Wildman–Crippen MR) is 66.8 cm³/mol. The minimum atomic E-state index is -0.288. The molecule has 3 aliphatic rings. The highest BCUT2D eigenvalue weighted by atomic mass is 16.2. The van der Waals surface area contributed by atoms with E-state index in [1.807, 2.05) is 4.90 Å². The maximum absolute atomic E-state index is 12.5. The van der Waals surface area contributed by atoms with E-state index in [0.717, 1.165) is 19.6 Å². The summed E-state index contributed by atoms with van der Waals surface area (Å²) in [5.74, 6) is 1.23. The number of amides is 2. The van der Waals surface area contributed by atoms with Gasteiger partial charge in [-0.1, -0.05) is 0 Å². The largest absolute Gasteiger partial charge is 0.344 e. The fraction of sp³-hybridized carbons (Fsp3) is 0.846. The van der Waals surface area contributed by atoms with Crippen LogP contribution >= 0.6 is 0 Å². The fourth-order valence-electron chi connectivity index (χ4n) is 3.78. The fourth-order valence-corrected chi connectivity index (χ4v) is 3.78.